The molecule has 214 valence electrons. The van der Waals surface area contributed by atoms with E-state index in [4.69, 9.17) is 27.9 Å². The van der Waals surface area contributed by atoms with Gasteiger partial charge < -0.3 is 15.0 Å². The Morgan fingerprint density at radius 1 is 0.975 bits per heavy atom. The molecule has 3 rings (SSSR count). The highest BCUT2D eigenvalue weighted by atomic mass is 35.5. The minimum absolute atomic E-state index is 0.0119. The molecule has 0 aliphatic carbocycles. The summed E-state index contributed by atoms with van der Waals surface area (Å²) in [5, 5.41) is 3.49. The summed E-state index contributed by atoms with van der Waals surface area (Å²) < 4.78 is 34.1. The van der Waals surface area contributed by atoms with Crippen LogP contribution in [0.25, 0.3) is 0 Å². The third-order valence-electron chi connectivity index (χ3n) is 6.31. The largest absolute Gasteiger partial charge is 0.495 e. The molecule has 0 heterocycles. The predicted molar refractivity (Wildman–Crippen MR) is 158 cm³/mol. The minimum Gasteiger partial charge on any atom is -0.495 e. The molecule has 8 nitrogen and oxygen atoms in total. The Hall–Kier alpha value is -3.27. The van der Waals surface area contributed by atoms with Crippen molar-refractivity contribution in [2.75, 3.05) is 24.5 Å². The van der Waals surface area contributed by atoms with Gasteiger partial charge in [-0.15, -0.1) is 0 Å². The van der Waals surface area contributed by atoms with E-state index in [1.165, 1.54) is 42.3 Å². The molecular weight excluding hydrogens is 573 g/mol. The van der Waals surface area contributed by atoms with E-state index in [-0.39, 0.29) is 28.1 Å². The number of sulfonamides is 1. The number of halogens is 2. The molecular formula is C29H33Cl2N3O5S. The van der Waals surface area contributed by atoms with Gasteiger partial charge in [0.2, 0.25) is 11.8 Å². The van der Waals surface area contributed by atoms with Crippen molar-refractivity contribution in [3.63, 3.8) is 0 Å². The number of likely N-dealkylation sites (N-methyl/N-ethyl adjacent to an activating group) is 1. The fourth-order valence-electron chi connectivity index (χ4n) is 4.17. The lowest BCUT2D eigenvalue weighted by atomic mass is 10.1. The second kappa shape index (κ2) is 13.9. The SMILES string of the molecule is CCNC(=O)C(CC)N(Cc1ccc(Cl)cc1)C(=O)CN(c1ccc(OC)c(Cl)c1)S(=O)(=O)c1ccc(C)cc1. The average Bonchev–Trinajstić information content (AvgIpc) is 2.92. The van der Waals surface area contributed by atoms with E-state index in [9.17, 15) is 18.0 Å². The normalized spacial score (nSPS) is 11.9. The molecule has 3 aromatic carbocycles. The molecule has 1 N–H and O–H groups in total. The number of rotatable bonds is 12. The quantitative estimate of drug-likeness (QED) is 0.296. The Bertz CT molecular complexity index is 1430. The Kier molecular flexibility index (Phi) is 10.8. The predicted octanol–water partition coefficient (Wildman–Crippen LogP) is 5.45. The number of amides is 2. The molecule has 0 radical (unpaired) electrons. The summed E-state index contributed by atoms with van der Waals surface area (Å²) in [4.78, 5) is 28.4. The lowest BCUT2D eigenvalue weighted by molar-refractivity contribution is -0.140. The van der Waals surface area contributed by atoms with Crippen LogP contribution in [0.2, 0.25) is 10.0 Å². The van der Waals surface area contributed by atoms with Crippen molar-refractivity contribution in [1.29, 1.82) is 0 Å². The zero-order chi connectivity index (χ0) is 29.4. The molecule has 11 heteroatoms. The summed E-state index contributed by atoms with van der Waals surface area (Å²) in [5.74, 6) is -0.528. The van der Waals surface area contributed by atoms with Crippen LogP contribution in [0.4, 0.5) is 5.69 Å². The van der Waals surface area contributed by atoms with Crippen molar-refractivity contribution >= 4 is 50.7 Å². The Morgan fingerprint density at radius 2 is 1.62 bits per heavy atom. The number of aryl methyl sites for hydroxylation is 1. The van der Waals surface area contributed by atoms with Crippen LogP contribution in [0.3, 0.4) is 0 Å². The van der Waals surface area contributed by atoms with E-state index in [0.29, 0.717) is 23.7 Å². The van der Waals surface area contributed by atoms with Crippen LogP contribution in [0.5, 0.6) is 5.75 Å². The fourth-order valence-corrected chi connectivity index (χ4v) is 5.96. The van der Waals surface area contributed by atoms with Crippen molar-refractivity contribution in [3.8, 4) is 5.75 Å². The first-order chi connectivity index (χ1) is 19.0. The van der Waals surface area contributed by atoms with Gasteiger partial charge >= 0.3 is 0 Å². The van der Waals surface area contributed by atoms with E-state index in [1.807, 2.05) is 6.92 Å². The Morgan fingerprint density at radius 3 is 2.17 bits per heavy atom. The molecule has 0 aliphatic rings. The van der Waals surface area contributed by atoms with Crippen LogP contribution >= 0.6 is 23.2 Å². The standard InChI is InChI=1S/C29H33Cl2N3O5S/c1-5-26(29(36)32-6-2)33(18-21-9-11-22(30)12-10-21)28(35)19-34(23-13-16-27(39-4)25(31)17-23)40(37,38)24-14-7-20(3)8-15-24/h7-17,26H,5-6,18-19H2,1-4H3,(H,32,36). The molecule has 1 atom stereocenters. The lowest BCUT2D eigenvalue weighted by Gasteiger charge is -2.33. The molecule has 0 fully saturated rings. The van der Waals surface area contributed by atoms with Crippen LogP contribution in [0.1, 0.15) is 31.4 Å². The smallest absolute Gasteiger partial charge is 0.264 e. The van der Waals surface area contributed by atoms with Gasteiger partial charge in [-0.25, -0.2) is 8.42 Å². The number of nitrogens with zero attached hydrogens (tertiary/aromatic N) is 2. The minimum atomic E-state index is -4.21. The average molecular weight is 607 g/mol. The fraction of sp³-hybridized carbons (Fsp3) is 0.310. The number of carbonyl (C=O) groups excluding carboxylic acids is 2. The van der Waals surface area contributed by atoms with Gasteiger partial charge in [0, 0.05) is 18.1 Å². The van der Waals surface area contributed by atoms with Crippen molar-refractivity contribution in [2.45, 2.75) is 44.7 Å². The number of hydrogen-bond acceptors (Lipinski definition) is 5. The van der Waals surface area contributed by atoms with Crippen molar-refractivity contribution in [3.05, 3.63) is 87.9 Å². The van der Waals surface area contributed by atoms with Gasteiger partial charge in [0.05, 0.1) is 22.7 Å². The third-order valence-corrected chi connectivity index (χ3v) is 8.65. The topological polar surface area (TPSA) is 96.0 Å². The number of hydrogen-bond donors (Lipinski definition) is 1. The van der Waals surface area contributed by atoms with Gasteiger partial charge in [0.15, 0.2) is 0 Å². The van der Waals surface area contributed by atoms with E-state index in [0.717, 1.165) is 15.4 Å². The van der Waals surface area contributed by atoms with E-state index < -0.39 is 28.5 Å². The maximum absolute atomic E-state index is 14.0. The zero-order valence-corrected chi connectivity index (χ0v) is 25.2. The number of methoxy groups -OCH3 is 1. The van der Waals surface area contributed by atoms with Crippen LogP contribution in [-0.4, -0.2) is 51.4 Å². The summed E-state index contributed by atoms with van der Waals surface area (Å²) in [6.07, 6.45) is 0.324. The first kappa shape index (κ1) is 31.3. The summed E-state index contributed by atoms with van der Waals surface area (Å²) in [7, 11) is -2.76. The second-order valence-corrected chi connectivity index (χ2v) is 11.8. The molecule has 3 aromatic rings. The molecule has 0 bridgehead atoms. The lowest BCUT2D eigenvalue weighted by Crippen LogP contribution is -2.52. The van der Waals surface area contributed by atoms with Crippen LogP contribution in [0.15, 0.2) is 71.6 Å². The Balaban J connectivity index is 2.09. The molecule has 0 aliphatic heterocycles. The van der Waals surface area contributed by atoms with Gasteiger partial charge in [-0.05, 0) is 68.3 Å². The van der Waals surface area contributed by atoms with Crippen LogP contribution < -0.4 is 14.4 Å². The highest BCUT2D eigenvalue weighted by molar-refractivity contribution is 7.92. The highest BCUT2D eigenvalue weighted by Gasteiger charge is 2.33. The van der Waals surface area contributed by atoms with E-state index in [1.54, 1.807) is 50.2 Å². The molecule has 0 saturated carbocycles. The monoisotopic (exact) mass is 605 g/mol. The first-order valence-electron chi connectivity index (χ1n) is 12.8. The molecule has 0 saturated heterocycles. The maximum Gasteiger partial charge on any atom is 0.264 e. The number of carbonyl (C=O) groups is 2. The van der Waals surface area contributed by atoms with E-state index >= 15 is 0 Å². The Labute approximate surface area is 245 Å². The number of benzene rings is 3. The summed E-state index contributed by atoms with van der Waals surface area (Å²) in [6, 6.07) is 16.9. The van der Waals surface area contributed by atoms with Gasteiger partial charge in [-0.1, -0.05) is 60.0 Å². The highest BCUT2D eigenvalue weighted by Crippen LogP contribution is 2.32. The van der Waals surface area contributed by atoms with Crippen LogP contribution in [-0.2, 0) is 26.2 Å². The van der Waals surface area contributed by atoms with Gasteiger partial charge in [-0.2, -0.15) is 0 Å². The number of nitrogens with one attached hydrogen (secondary N) is 1. The van der Waals surface area contributed by atoms with Crippen molar-refractivity contribution in [1.82, 2.24) is 10.2 Å². The second-order valence-electron chi connectivity index (χ2n) is 9.11. The zero-order valence-electron chi connectivity index (χ0n) is 22.9. The summed E-state index contributed by atoms with van der Waals surface area (Å²) in [6.45, 7) is 5.33. The number of anilines is 1. The van der Waals surface area contributed by atoms with E-state index in [2.05, 4.69) is 5.32 Å². The molecule has 0 aromatic heterocycles. The maximum atomic E-state index is 14.0. The van der Waals surface area contributed by atoms with Crippen LogP contribution in [0, 0.1) is 6.92 Å². The molecule has 2 amide bonds. The number of ether oxygens (including phenoxy) is 1. The van der Waals surface area contributed by atoms with Crippen molar-refractivity contribution in [2.24, 2.45) is 0 Å². The van der Waals surface area contributed by atoms with Gasteiger partial charge in [0.1, 0.15) is 18.3 Å². The van der Waals surface area contributed by atoms with Gasteiger partial charge in [0.25, 0.3) is 10.0 Å². The first-order valence-corrected chi connectivity index (χ1v) is 15.0. The summed E-state index contributed by atoms with van der Waals surface area (Å²) >= 11 is 12.4. The van der Waals surface area contributed by atoms with Crippen molar-refractivity contribution < 1.29 is 22.7 Å². The summed E-state index contributed by atoms with van der Waals surface area (Å²) in [5.41, 5.74) is 1.80. The molecule has 40 heavy (non-hydrogen) atoms. The third kappa shape index (κ3) is 7.47. The van der Waals surface area contributed by atoms with Gasteiger partial charge in [-0.3, -0.25) is 13.9 Å². The molecule has 0 spiro atoms. The molecule has 1 unspecified atom stereocenters.